The number of nitrogens with one attached hydrogen (secondary N) is 1. The lowest BCUT2D eigenvalue weighted by Crippen LogP contribution is -2.43. The molecule has 2 unspecified atom stereocenters. The molecule has 2 atom stereocenters. The number of aryl methyl sites for hydroxylation is 2. The first kappa shape index (κ1) is 23.4. The SMILES string of the molecule is Cc1noc(C)c1S(=O)(=O)N1CCCC(C(=O)OCC(=O)NC(c2ccccc2)C2CC2)C1. The van der Waals surface area contributed by atoms with Crippen LogP contribution in [0.3, 0.4) is 0 Å². The third kappa shape index (κ3) is 5.27. The molecule has 2 heterocycles. The van der Waals surface area contributed by atoms with Gasteiger partial charge >= 0.3 is 5.97 Å². The Morgan fingerprint density at radius 3 is 2.58 bits per heavy atom. The number of hydrogen-bond acceptors (Lipinski definition) is 7. The van der Waals surface area contributed by atoms with Crippen LogP contribution in [0.4, 0.5) is 0 Å². The van der Waals surface area contributed by atoms with Gasteiger partial charge in [-0.1, -0.05) is 35.5 Å². The molecule has 1 saturated carbocycles. The number of ether oxygens (including phenoxy) is 1. The Bertz CT molecular complexity index is 1090. The monoisotopic (exact) mass is 475 g/mol. The molecule has 1 saturated heterocycles. The van der Waals surface area contributed by atoms with Crippen LogP contribution in [0.2, 0.25) is 0 Å². The quantitative estimate of drug-likeness (QED) is 0.583. The summed E-state index contributed by atoms with van der Waals surface area (Å²) in [6.07, 6.45) is 3.13. The number of carbonyl (C=O) groups is 2. The van der Waals surface area contributed by atoms with Gasteiger partial charge in [0, 0.05) is 13.1 Å². The Morgan fingerprint density at radius 2 is 1.94 bits per heavy atom. The lowest BCUT2D eigenvalue weighted by atomic mass is 10.00. The largest absolute Gasteiger partial charge is 0.455 e. The summed E-state index contributed by atoms with van der Waals surface area (Å²) in [5, 5.41) is 6.70. The van der Waals surface area contributed by atoms with E-state index in [0.717, 1.165) is 18.4 Å². The van der Waals surface area contributed by atoms with Crippen LogP contribution in [0.1, 0.15) is 48.7 Å². The number of benzene rings is 1. The number of piperidine rings is 1. The lowest BCUT2D eigenvalue weighted by Gasteiger charge is -2.30. The molecule has 0 bridgehead atoms. The highest BCUT2D eigenvalue weighted by molar-refractivity contribution is 7.89. The zero-order valence-electron chi connectivity index (χ0n) is 18.8. The molecule has 0 spiro atoms. The fraction of sp³-hybridized carbons (Fsp3) is 0.522. The second-order valence-corrected chi connectivity index (χ2v) is 10.6. The third-order valence-electron chi connectivity index (χ3n) is 6.20. The summed E-state index contributed by atoms with van der Waals surface area (Å²) in [7, 11) is -3.84. The average molecular weight is 476 g/mol. The number of carbonyl (C=O) groups excluding carboxylic acids is 2. The van der Waals surface area contributed by atoms with E-state index in [4.69, 9.17) is 9.26 Å². The summed E-state index contributed by atoms with van der Waals surface area (Å²) < 4.78 is 37.7. The number of rotatable bonds is 8. The second-order valence-electron chi connectivity index (χ2n) is 8.76. The maximum atomic E-state index is 13.1. The van der Waals surface area contributed by atoms with E-state index in [-0.39, 0.29) is 41.5 Å². The molecule has 2 aliphatic rings. The molecule has 2 fully saturated rings. The smallest absolute Gasteiger partial charge is 0.310 e. The predicted octanol–water partition coefficient (Wildman–Crippen LogP) is 2.50. The van der Waals surface area contributed by atoms with E-state index < -0.39 is 21.9 Å². The van der Waals surface area contributed by atoms with E-state index in [2.05, 4.69) is 10.5 Å². The fourth-order valence-corrected chi connectivity index (χ4v) is 6.17. The van der Waals surface area contributed by atoms with Gasteiger partial charge < -0.3 is 14.6 Å². The Morgan fingerprint density at radius 1 is 1.21 bits per heavy atom. The lowest BCUT2D eigenvalue weighted by molar-refractivity contribution is -0.153. The normalized spacial score (nSPS) is 20.2. The van der Waals surface area contributed by atoms with Crippen LogP contribution in [-0.2, 0) is 24.3 Å². The predicted molar refractivity (Wildman–Crippen MR) is 118 cm³/mol. The van der Waals surface area contributed by atoms with E-state index >= 15 is 0 Å². The number of esters is 1. The molecule has 9 nitrogen and oxygen atoms in total. The van der Waals surface area contributed by atoms with Crippen LogP contribution in [0.15, 0.2) is 39.8 Å². The number of nitrogens with zero attached hydrogens (tertiary/aromatic N) is 2. The molecule has 10 heteroatoms. The van der Waals surface area contributed by atoms with Gasteiger partial charge in [-0.25, -0.2) is 8.42 Å². The Hall–Kier alpha value is -2.72. The minimum atomic E-state index is -3.84. The van der Waals surface area contributed by atoms with Gasteiger partial charge in [-0.2, -0.15) is 4.31 Å². The first-order valence-electron chi connectivity index (χ1n) is 11.2. The summed E-state index contributed by atoms with van der Waals surface area (Å²) in [5.41, 5.74) is 1.32. The molecule has 1 aromatic carbocycles. The number of hydrogen-bond donors (Lipinski definition) is 1. The van der Waals surface area contributed by atoms with Gasteiger partial charge in [0.25, 0.3) is 5.91 Å². The Balaban J connectivity index is 1.33. The standard InChI is InChI=1S/C23H29N3O6S/c1-15-22(16(2)32-25-15)33(29,30)26-12-6-9-19(13-26)23(28)31-14-20(27)24-21(18-10-11-18)17-7-4-3-5-8-17/h3-5,7-8,18-19,21H,6,9-14H2,1-2H3,(H,24,27). The van der Waals surface area contributed by atoms with Gasteiger partial charge in [0.2, 0.25) is 10.0 Å². The Labute approximate surface area is 193 Å². The highest BCUT2D eigenvalue weighted by atomic mass is 32.2. The van der Waals surface area contributed by atoms with Crippen molar-refractivity contribution in [3.63, 3.8) is 0 Å². The van der Waals surface area contributed by atoms with Crippen LogP contribution >= 0.6 is 0 Å². The van der Waals surface area contributed by atoms with Crippen LogP contribution in [0.25, 0.3) is 0 Å². The molecule has 1 N–H and O–H groups in total. The first-order chi connectivity index (χ1) is 15.8. The van der Waals surface area contributed by atoms with Gasteiger partial charge in [0.05, 0.1) is 12.0 Å². The maximum Gasteiger partial charge on any atom is 0.310 e. The molecule has 2 aromatic rings. The minimum Gasteiger partial charge on any atom is -0.455 e. The first-order valence-corrected chi connectivity index (χ1v) is 12.7. The van der Waals surface area contributed by atoms with E-state index in [0.29, 0.717) is 25.3 Å². The molecule has 178 valence electrons. The number of aromatic nitrogens is 1. The molecule has 1 aliphatic carbocycles. The summed E-state index contributed by atoms with van der Waals surface area (Å²) in [6, 6.07) is 9.65. The van der Waals surface area contributed by atoms with E-state index in [1.165, 1.54) is 4.31 Å². The molecule has 33 heavy (non-hydrogen) atoms. The molecular formula is C23H29N3O6S. The van der Waals surface area contributed by atoms with E-state index in [1.54, 1.807) is 13.8 Å². The van der Waals surface area contributed by atoms with Gasteiger partial charge in [-0.15, -0.1) is 0 Å². The second kappa shape index (κ2) is 9.64. The van der Waals surface area contributed by atoms with Crippen molar-refractivity contribution in [1.29, 1.82) is 0 Å². The molecule has 0 radical (unpaired) electrons. The van der Waals surface area contributed by atoms with Gasteiger partial charge in [-0.05, 0) is 51.0 Å². The fourth-order valence-electron chi connectivity index (χ4n) is 4.36. The zero-order valence-corrected chi connectivity index (χ0v) is 19.6. The topological polar surface area (TPSA) is 119 Å². The number of sulfonamides is 1. The van der Waals surface area contributed by atoms with Crippen LogP contribution < -0.4 is 5.32 Å². The number of amides is 1. The molecule has 1 amide bonds. The highest BCUT2D eigenvalue weighted by Gasteiger charge is 2.37. The molecule has 4 rings (SSSR count). The van der Waals surface area contributed by atoms with Crippen molar-refractivity contribution in [3.05, 3.63) is 47.3 Å². The van der Waals surface area contributed by atoms with Crippen LogP contribution in [0, 0.1) is 25.7 Å². The third-order valence-corrected chi connectivity index (χ3v) is 8.31. The summed E-state index contributed by atoms with van der Waals surface area (Å²) in [5.74, 6) is -0.937. The Kier molecular flexibility index (Phi) is 6.85. The molecular weight excluding hydrogens is 446 g/mol. The molecule has 1 aromatic heterocycles. The van der Waals surface area contributed by atoms with E-state index in [1.807, 2.05) is 30.3 Å². The van der Waals surface area contributed by atoms with Crippen LogP contribution in [-0.4, -0.2) is 49.5 Å². The summed E-state index contributed by atoms with van der Waals surface area (Å²) >= 11 is 0. The van der Waals surface area contributed by atoms with Crippen molar-refractivity contribution in [2.45, 2.75) is 50.5 Å². The summed E-state index contributed by atoms with van der Waals surface area (Å²) in [6.45, 7) is 3.04. The van der Waals surface area contributed by atoms with Crippen molar-refractivity contribution >= 4 is 21.9 Å². The van der Waals surface area contributed by atoms with Crippen molar-refractivity contribution < 1.29 is 27.3 Å². The summed E-state index contributed by atoms with van der Waals surface area (Å²) in [4.78, 5) is 25.2. The maximum absolute atomic E-state index is 13.1. The van der Waals surface area contributed by atoms with Gasteiger partial charge in [-0.3, -0.25) is 9.59 Å². The zero-order chi connectivity index (χ0) is 23.6. The van der Waals surface area contributed by atoms with Gasteiger partial charge in [0.1, 0.15) is 10.6 Å². The van der Waals surface area contributed by atoms with Crippen molar-refractivity contribution in [1.82, 2.24) is 14.8 Å². The van der Waals surface area contributed by atoms with Crippen molar-refractivity contribution in [2.24, 2.45) is 11.8 Å². The van der Waals surface area contributed by atoms with Crippen molar-refractivity contribution in [2.75, 3.05) is 19.7 Å². The van der Waals surface area contributed by atoms with Gasteiger partial charge in [0.15, 0.2) is 12.4 Å². The minimum absolute atomic E-state index is 0.00155. The van der Waals surface area contributed by atoms with Crippen LogP contribution in [0.5, 0.6) is 0 Å². The molecule has 1 aliphatic heterocycles. The van der Waals surface area contributed by atoms with Crippen molar-refractivity contribution in [3.8, 4) is 0 Å². The highest BCUT2D eigenvalue weighted by Crippen LogP contribution is 2.40. The van der Waals surface area contributed by atoms with E-state index in [9.17, 15) is 18.0 Å². The average Bonchev–Trinajstić information content (AvgIpc) is 3.59.